The molecule has 1 amide bonds. The molecule has 0 bridgehead atoms. The first-order valence-corrected chi connectivity index (χ1v) is 7.06. The molecule has 1 N–H and O–H groups in total. The van der Waals surface area contributed by atoms with Crippen molar-refractivity contribution in [1.82, 2.24) is 10.3 Å². The summed E-state index contributed by atoms with van der Waals surface area (Å²) in [5.41, 5.74) is 1.84. The molecule has 0 atom stereocenters. The third-order valence-electron chi connectivity index (χ3n) is 2.67. The average molecular weight is 288 g/mol. The maximum absolute atomic E-state index is 11.7. The molecule has 2 aromatic rings. The van der Waals surface area contributed by atoms with Gasteiger partial charge in [-0.15, -0.1) is 11.3 Å². The number of thiazole rings is 1. The second-order valence-corrected chi connectivity index (χ2v) is 5.25. The van der Waals surface area contributed by atoms with Crippen LogP contribution in [0.25, 0.3) is 6.08 Å². The zero-order valence-corrected chi connectivity index (χ0v) is 12.2. The number of nitrogens with one attached hydrogen (secondary N) is 1. The first kappa shape index (κ1) is 14.3. The Labute approximate surface area is 122 Å². The van der Waals surface area contributed by atoms with E-state index in [2.05, 4.69) is 10.3 Å². The first-order valence-electron chi connectivity index (χ1n) is 6.18. The van der Waals surface area contributed by atoms with Crippen LogP contribution in [0.4, 0.5) is 0 Å². The van der Waals surface area contributed by atoms with Crippen LogP contribution in [0.1, 0.15) is 16.3 Å². The van der Waals surface area contributed by atoms with Crippen LogP contribution in [-0.4, -0.2) is 18.0 Å². The number of aromatic nitrogens is 1. The van der Waals surface area contributed by atoms with Crippen LogP contribution >= 0.6 is 11.3 Å². The van der Waals surface area contributed by atoms with E-state index in [0.29, 0.717) is 6.54 Å². The van der Waals surface area contributed by atoms with Crippen molar-refractivity contribution in [1.29, 1.82) is 0 Å². The summed E-state index contributed by atoms with van der Waals surface area (Å²) in [5, 5.41) is 5.73. The molecule has 0 aliphatic carbocycles. The molecule has 0 aliphatic rings. The molecule has 0 unspecified atom stereocenters. The average Bonchev–Trinajstić information content (AvgIpc) is 2.89. The predicted octanol–water partition coefficient (Wildman–Crippen LogP) is 2.79. The molecule has 0 spiro atoms. The lowest BCUT2D eigenvalue weighted by atomic mass is 10.2. The van der Waals surface area contributed by atoms with Gasteiger partial charge in [0.15, 0.2) is 0 Å². The van der Waals surface area contributed by atoms with Crippen LogP contribution < -0.4 is 10.1 Å². The Bertz CT molecular complexity index is 603. The summed E-state index contributed by atoms with van der Waals surface area (Å²) in [7, 11) is 1.63. The summed E-state index contributed by atoms with van der Waals surface area (Å²) >= 11 is 1.56. The number of benzene rings is 1. The molecule has 20 heavy (non-hydrogen) atoms. The number of ether oxygens (including phenoxy) is 1. The van der Waals surface area contributed by atoms with Crippen LogP contribution in [0.2, 0.25) is 0 Å². The van der Waals surface area contributed by atoms with Gasteiger partial charge in [-0.25, -0.2) is 4.98 Å². The fourth-order valence-corrected chi connectivity index (χ4v) is 2.19. The Balaban J connectivity index is 1.83. The highest BCUT2D eigenvalue weighted by molar-refractivity contribution is 7.09. The fourth-order valence-electron chi connectivity index (χ4n) is 1.61. The van der Waals surface area contributed by atoms with Gasteiger partial charge in [-0.1, -0.05) is 12.1 Å². The van der Waals surface area contributed by atoms with E-state index >= 15 is 0 Å². The van der Waals surface area contributed by atoms with Crippen LogP contribution in [0, 0.1) is 6.92 Å². The molecule has 1 aromatic heterocycles. The molecule has 0 saturated heterocycles. The lowest BCUT2D eigenvalue weighted by molar-refractivity contribution is -0.116. The van der Waals surface area contributed by atoms with Gasteiger partial charge < -0.3 is 10.1 Å². The Hall–Kier alpha value is -2.14. The number of methoxy groups -OCH3 is 1. The first-order chi connectivity index (χ1) is 9.67. The highest BCUT2D eigenvalue weighted by atomic mass is 32.1. The van der Waals surface area contributed by atoms with Crippen LogP contribution in [0.5, 0.6) is 5.75 Å². The van der Waals surface area contributed by atoms with E-state index in [1.54, 1.807) is 24.5 Å². The van der Waals surface area contributed by atoms with Gasteiger partial charge in [-0.3, -0.25) is 4.79 Å². The molecule has 0 radical (unpaired) electrons. The van der Waals surface area contributed by atoms with E-state index < -0.39 is 0 Å². The van der Waals surface area contributed by atoms with Crippen molar-refractivity contribution in [3.8, 4) is 5.75 Å². The fraction of sp³-hybridized carbons (Fsp3) is 0.200. The monoisotopic (exact) mass is 288 g/mol. The SMILES string of the molecule is COc1ccc(CNC(=O)/C=C/c2csc(C)n2)cc1. The van der Waals surface area contributed by atoms with Crippen molar-refractivity contribution in [2.75, 3.05) is 7.11 Å². The molecular weight excluding hydrogens is 272 g/mol. The Kier molecular flexibility index (Phi) is 4.90. The van der Waals surface area contributed by atoms with Crippen molar-refractivity contribution < 1.29 is 9.53 Å². The maximum Gasteiger partial charge on any atom is 0.244 e. The molecule has 5 heteroatoms. The predicted molar refractivity (Wildman–Crippen MR) is 80.7 cm³/mol. The van der Waals surface area contributed by atoms with Crippen molar-refractivity contribution >= 4 is 23.3 Å². The molecule has 1 heterocycles. The molecule has 0 fully saturated rings. The van der Waals surface area contributed by atoms with Gasteiger partial charge in [-0.05, 0) is 30.7 Å². The zero-order chi connectivity index (χ0) is 14.4. The van der Waals surface area contributed by atoms with Crippen molar-refractivity contribution in [3.63, 3.8) is 0 Å². The van der Waals surface area contributed by atoms with Crippen LogP contribution in [0.3, 0.4) is 0 Å². The normalized spacial score (nSPS) is 10.7. The smallest absolute Gasteiger partial charge is 0.244 e. The standard InChI is InChI=1S/C15H16N2O2S/c1-11-17-13(10-20-11)5-8-15(18)16-9-12-3-6-14(19-2)7-4-12/h3-8,10H,9H2,1-2H3,(H,16,18)/b8-5+. The summed E-state index contributed by atoms with van der Waals surface area (Å²) in [6.45, 7) is 2.43. The molecule has 0 aliphatic heterocycles. The Morgan fingerprint density at radius 3 is 2.75 bits per heavy atom. The van der Waals surface area contributed by atoms with E-state index in [1.165, 1.54) is 6.08 Å². The van der Waals surface area contributed by atoms with Crippen molar-refractivity contribution in [3.05, 3.63) is 52.0 Å². The number of carbonyl (C=O) groups excluding carboxylic acids is 1. The van der Waals surface area contributed by atoms with Gasteiger partial charge in [0, 0.05) is 18.0 Å². The maximum atomic E-state index is 11.7. The number of rotatable bonds is 5. The lowest BCUT2D eigenvalue weighted by Gasteiger charge is -2.04. The summed E-state index contributed by atoms with van der Waals surface area (Å²) in [6, 6.07) is 7.59. The summed E-state index contributed by atoms with van der Waals surface area (Å²) < 4.78 is 5.08. The third-order valence-corrected chi connectivity index (χ3v) is 3.46. The highest BCUT2D eigenvalue weighted by Gasteiger charge is 1.99. The lowest BCUT2D eigenvalue weighted by Crippen LogP contribution is -2.20. The highest BCUT2D eigenvalue weighted by Crippen LogP contribution is 2.11. The molecule has 1 aromatic carbocycles. The van der Waals surface area contributed by atoms with Gasteiger partial charge in [0.2, 0.25) is 5.91 Å². The van der Waals surface area contributed by atoms with Gasteiger partial charge in [0.25, 0.3) is 0 Å². The number of nitrogens with zero attached hydrogens (tertiary/aromatic N) is 1. The van der Waals surface area contributed by atoms with Crippen molar-refractivity contribution in [2.24, 2.45) is 0 Å². The Morgan fingerprint density at radius 1 is 1.40 bits per heavy atom. The minimum absolute atomic E-state index is 0.133. The molecule has 0 saturated carbocycles. The van der Waals surface area contributed by atoms with E-state index in [0.717, 1.165) is 22.0 Å². The number of aryl methyl sites for hydroxylation is 1. The van der Waals surface area contributed by atoms with E-state index in [1.807, 2.05) is 36.6 Å². The number of amides is 1. The quantitative estimate of drug-likeness (QED) is 0.861. The van der Waals surface area contributed by atoms with E-state index in [9.17, 15) is 4.79 Å². The second-order valence-electron chi connectivity index (χ2n) is 4.19. The third kappa shape index (κ3) is 4.20. The topological polar surface area (TPSA) is 51.2 Å². The van der Waals surface area contributed by atoms with Gasteiger partial charge >= 0.3 is 0 Å². The molecule has 2 rings (SSSR count). The summed E-state index contributed by atoms with van der Waals surface area (Å²) in [6.07, 6.45) is 3.21. The second kappa shape index (κ2) is 6.86. The van der Waals surface area contributed by atoms with Gasteiger partial charge in [0.05, 0.1) is 17.8 Å². The molecule has 104 valence electrons. The summed E-state index contributed by atoms with van der Waals surface area (Å²) in [4.78, 5) is 15.9. The van der Waals surface area contributed by atoms with E-state index in [-0.39, 0.29) is 5.91 Å². The Morgan fingerprint density at radius 2 is 2.15 bits per heavy atom. The van der Waals surface area contributed by atoms with Gasteiger partial charge in [0.1, 0.15) is 5.75 Å². The van der Waals surface area contributed by atoms with Crippen LogP contribution in [-0.2, 0) is 11.3 Å². The van der Waals surface area contributed by atoms with Crippen LogP contribution in [0.15, 0.2) is 35.7 Å². The van der Waals surface area contributed by atoms with Gasteiger partial charge in [-0.2, -0.15) is 0 Å². The molecular formula is C15H16N2O2S. The minimum atomic E-state index is -0.133. The summed E-state index contributed by atoms with van der Waals surface area (Å²) in [5.74, 6) is 0.672. The number of carbonyl (C=O) groups is 1. The van der Waals surface area contributed by atoms with Crippen molar-refractivity contribution in [2.45, 2.75) is 13.5 Å². The van der Waals surface area contributed by atoms with E-state index in [4.69, 9.17) is 4.74 Å². The largest absolute Gasteiger partial charge is 0.497 e. The number of hydrogen-bond acceptors (Lipinski definition) is 4. The minimum Gasteiger partial charge on any atom is -0.497 e. The number of hydrogen-bond donors (Lipinski definition) is 1. The molecule has 4 nitrogen and oxygen atoms in total. The zero-order valence-electron chi connectivity index (χ0n) is 11.4.